The lowest BCUT2D eigenvalue weighted by molar-refractivity contribution is -0.203. The quantitative estimate of drug-likeness (QED) is 0.615. The summed E-state index contributed by atoms with van der Waals surface area (Å²) in [7, 11) is 0. The van der Waals surface area contributed by atoms with Gasteiger partial charge in [-0.05, 0) is 0 Å². The van der Waals surface area contributed by atoms with Gasteiger partial charge in [0.05, 0.1) is 12.2 Å². The van der Waals surface area contributed by atoms with Crippen LogP contribution in [0.5, 0.6) is 0 Å². The molecule has 0 bridgehead atoms. The van der Waals surface area contributed by atoms with E-state index in [4.69, 9.17) is 9.26 Å². The number of aromatic nitrogens is 1. The molecule has 0 aliphatic heterocycles. The third-order valence-corrected chi connectivity index (χ3v) is 4.38. The van der Waals surface area contributed by atoms with Gasteiger partial charge in [-0.15, -0.1) is 0 Å². The molecular formula is C17H19NO7. The fourth-order valence-corrected chi connectivity index (χ4v) is 2.95. The molecule has 4 N–H and O–H groups in total. The Morgan fingerprint density at radius 2 is 1.84 bits per heavy atom. The van der Waals surface area contributed by atoms with Crippen molar-refractivity contribution >= 4 is 5.97 Å². The molecule has 2 atom stereocenters. The van der Waals surface area contributed by atoms with Crippen molar-refractivity contribution in [3.63, 3.8) is 0 Å². The fourth-order valence-electron chi connectivity index (χ4n) is 2.95. The Labute approximate surface area is 143 Å². The highest BCUT2D eigenvalue weighted by atomic mass is 16.5. The number of hydrogen-bond acceptors (Lipinski definition) is 7. The van der Waals surface area contributed by atoms with Crippen molar-refractivity contribution in [2.45, 2.75) is 43.4 Å². The lowest BCUT2D eigenvalue weighted by Crippen LogP contribution is -2.57. The Bertz CT molecular complexity index is 718. The topological polar surface area (TPSA) is 133 Å². The number of carbonyl (C=O) groups is 1. The molecule has 25 heavy (non-hydrogen) atoms. The Balaban J connectivity index is 1.73. The van der Waals surface area contributed by atoms with Crippen LogP contribution in [0.15, 0.2) is 40.9 Å². The minimum Gasteiger partial charge on any atom is -0.479 e. The van der Waals surface area contributed by atoms with Crippen molar-refractivity contribution in [3.05, 3.63) is 42.2 Å². The molecule has 0 amide bonds. The van der Waals surface area contributed by atoms with Crippen molar-refractivity contribution in [1.82, 2.24) is 5.16 Å². The first kappa shape index (κ1) is 17.6. The second-order valence-electron chi connectivity index (χ2n) is 6.17. The second kappa shape index (κ2) is 6.93. The third kappa shape index (κ3) is 3.57. The number of aliphatic hydroxyl groups excluding tert-OH is 3. The Morgan fingerprint density at radius 1 is 1.20 bits per heavy atom. The number of carboxylic acids is 1. The van der Waals surface area contributed by atoms with Crippen LogP contribution >= 0.6 is 0 Å². The van der Waals surface area contributed by atoms with E-state index in [1.54, 1.807) is 6.07 Å². The maximum atomic E-state index is 11.6. The zero-order chi connectivity index (χ0) is 18.0. The molecule has 3 rings (SSSR count). The van der Waals surface area contributed by atoms with Gasteiger partial charge in [-0.3, -0.25) is 0 Å². The summed E-state index contributed by atoms with van der Waals surface area (Å²) < 4.78 is 10.7. The summed E-state index contributed by atoms with van der Waals surface area (Å²) in [6, 6.07) is 10.9. The predicted octanol–water partition coefficient (Wildman–Crippen LogP) is 0.558. The Hall–Kier alpha value is -2.26. The summed E-state index contributed by atoms with van der Waals surface area (Å²) in [4.78, 5) is 11.6. The zero-order valence-electron chi connectivity index (χ0n) is 13.3. The number of ether oxygens (including phenoxy) is 1. The van der Waals surface area contributed by atoms with Gasteiger partial charge in [0, 0.05) is 24.5 Å². The Morgan fingerprint density at radius 3 is 2.44 bits per heavy atom. The van der Waals surface area contributed by atoms with E-state index in [0.717, 1.165) is 5.56 Å². The number of hydrogen-bond donors (Lipinski definition) is 4. The van der Waals surface area contributed by atoms with E-state index in [0.29, 0.717) is 11.5 Å². The summed E-state index contributed by atoms with van der Waals surface area (Å²) in [5.41, 5.74) is -0.377. The van der Waals surface area contributed by atoms with E-state index >= 15 is 0 Å². The highest BCUT2D eigenvalue weighted by Crippen LogP contribution is 2.34. The molecule has 0 unspecified atom stereocenters. The molecule has 1 saturated carbocycles. The van der Waals surface area contributed by atoms with Crippen molar-refractivity contribution in [3.8, 4) is 11.3 Å². The molecular weight excluding hydrogens is 330 g/mol. The molecule has 8 nitrogen and oxygen atoms in total. The zero-order valence-corrected chi connectivity index (χ0v) is 13.3. The first-order valence-electron chi connectivity index (χ1n) is 7.84. The molecule has 1 aromatic carbocycles. The maximum Gasteiger partial charge on any atom is 0.336 e. The minimum atomic E-state index is -1.81. The van der Waals surface area contributed by atoms with Gasteiger partial charge in [-0.25, -0.2) is 4.79 Å². The Kier molecular flexibility index (Phi) is 4.87. The van der Waals surface area contributed by atoms with E-state index < -0.39 is 29.9 Å². The van der Waals surface area contributed by atoms with Gasteiger partial charge >= 0.3 is 5.97 Å². The summed E-state index contributed by atoms with van der Waals surface area (Å²) in [5.74, 6) is -1.00. The normalized spacial score (nSPS) is 29.5. The number of rotatable bonds is 5. The molecule has 1 aliphatic rings. The van der Waals surface area contributed by atoms with Crippen LogP contribution in [0.25, 0.3) is 11.3 Å². The summed E-state index contributed by atoms with van der Waals surface area (Å²) in [6.07, 6.45) is -4.85. The minimum absolute atomic E-state index is 0.193. The molecule has 8 heteroatoms. The van der Waals surface area contributed by atoms with Gasteiger partial charge in [-0.1, -0.05) is 35.5 Å². The molecule has 1 heterocycles. The predicted molar refractivity (Wildman–Crippen MR) is 84.3 cm³/mol. The lowest BCUT2D eigenvalue weighted by Gasteiger charge is -2.40. The van der Waals surface area contributed by atoms with Crippen LogP contribution in [0.2, 0.25) is 0 Å². The van der Waals surface area contributed by atoms with Crippen molar-refractivity contribution in [1.29, 1.82) is 0 Å². The van der Waals surface area contributed by atoms with Crippen molar-refractivity contribution in [2.75, 3.05) is 0 Å². The second-order valence-corrected chi connectivity index (χ2v) is 6.17. The lowest BCUT2D eigenvalue weighted by atomic mass is 9.79. The van der Waals surface area contributed by atoms with Gasteiger partial charge in [0.2, 0.25) is 0 Å². The van der Waals surface area contributed by atoms with Crippen molar-refractivity contribution in [2.24, 2.45) is 0 Å². The standard InChI is InChI=1S/C17H19NO7/c19-13-7-17(16(22)23,8-14(20)15(13)21)24-9-11-6-12(18-25-11)10-4-2-1-3-5-10/h1-6,13-15,19-21H,7-9H2,(H,22,23)/t13-,14-,15?,17?/m1/s1. The van der Waals surface area contributed by atoms with Gasteiger partial charge in [0.1, 0.15) is 18.4 Å². The van der Waals surface area contributed by atoms with Crippen LogP contribution in [0.4, 0.5) is 0 Å². The van der Waals surface area contributed by atoms with E-state index in [9.17, 15) is 25.2 Å². The largest absolute Gasteiger partial charge is 0.479 e. The SMILES string of the molecule is O=C(O)C1(OCc2cc(-c3ccccc3)no2)C[C@@H](O)C(O)[C@H](O)C1. The number of benzene rings is 1. The van der Waals surface area contributed by atoms with Crippen LogP contribution in [0, 0.1) is 0 Å². The average Bonchev–Trinajstić information content (AvgIpc) is 3.07. The van der Waals surface area contributed by atoms with Crippen LogP contribution in [-0.2, 0) is 16.1 Å². The first-order valence-corrected chi connectivity index (χ1v) is 7.84. The van der Waals surface area contributed by atoms with Gasteiger partial charge in [0.15, 0.2) is 11.4 Å². The van der Waals surface area contributed by atoms with E-state index in [1.807, 2.05) is 30.3 Å². The van der Waals surface area contributed by atoms with Gasteiger partial charge < -0.3 is 29.7 Å². The molecule has 2 aromatic rings. The first-order chi connectivity index (χ1) is 11.9. The highest BCUT2D eigenvalue weighted by Gasteiger charge is 2.51. The number of aliphatic carboxylic acids is 1. The average molecular weight is 349 g/mol. The van der Waals surface area contributed by atoms with Gasteiger partial charge in [0.25, 0.3) is 0 Å². The van der Waals surface area contributed by atoms with Crippen LogP contribution in [-0.4, -0.2) is 55.5 Å². The van der Waals surface area contributed by atoms with E-state index in [1.165, 1.54) is 0 Å². The summed E-state index contributed by atoms with van der Waals surface area (Å²) in [5, 5.41) is 42.6. The summed E-state index contributed by atoms with van der Waals surface area (Å²) in [6.45, 7) is -0.193. The van der Waals surface area contributed by atoms with E-state index in [-0.39, 0.29) is 19.4 Å². The molecule has 1 fully saturated rings. The van der Waals surface area contributed by atoms with Gasteiger partial charge in [-0.2, -0.15) is 0 Å². The monoisotopic (exact) mass is 349 g/mol. The number of aliphatic hydroxyl groups is 3. The fraction of sp³-hybridized carbons (Fsp3) is 0.412. The smallest absolute Gasteiger partial charge is 0.336 e. The highest BCUT2D eigenvalue weighted by molar-refractivity contribution is 5.78. The maximum absolute atomic E-state index is 11.6. The van der Waals surface area contributed by atoms with Crippen molar-refractivity contribution < 1.29 is 34.5 Å². The number of nitrogens with zero attached hydrogens (tertiary/aromatic N) is 1. The van der Waals surface area contributed by atoms with Crippen LogP contribution in [0.1, 0.15) is 18.6 Å². The molecule has 0 spiro atoms. The molecule has 1 aliphatic carbocycles. The number of carboxylic acid groups (broad SMARTS) is 1. The molecule has 0 radical (unpaired) electrons. The van der Waals surface area contributed by atoms with Crippen LogP contribution in [0.3, 0.4) is 0 Å². The summed E-state index contributed by atoms with van der Waals surface area (Å²) >= 11 is 0. The third-order valence-electron chi connectivity index (χ3n) is 4.38. The van der Waals surface area contributed by atoms with E-state index in [2.05, 4.69) is 5.16 Å². The molecule has 1 aromatic heterocycles. The molecule has 0 saturated heterocycles. The van der Waals surface area contributed by atoms with Crippen LogP contribution < -0.4 is 0 Å². The molecule has 134 valence electrons.